The molecule has 1 aliphatic carbocycles. The topological polar surface area (TPSA) is 9.23 Å². The molecule has 1 rings (SSSR count). The molecule has 0 aliphatic heterocycles. The van der Waals surface area contributed by atoms with E-state index in [1.807, 2.05) is 0 Å². The quantitative estimate of drug-likeness (QED) is 0.596. The molecule has 0 N–H and O–H groups in total. The van der Waals surface area contributed by atoms with Gasteiger partial charge < -0.3 is 4.12 Å². The lowest BCUT2D eigenvalue weighted by Crippen LogP contribution is -2.50. The Morgan fingerprint density at radius 1 is 0.842 bits per heavy atom. The molecule has 0 atom stereocenters. The van der Waals surface area contributed by atoms with E-state index in [4.69, 9.17) is 4.12 Å². The standard InChI is InChI=1S/C16H36OSi2/c1-13(2)19(14(3)4,15(5)6)17-18-16(7)11-9-8-10-12-16/h13-15H,8-12,18H2,1-7H3. The largest absolute Gasteiger partial charge is 0.459 e. The molecule has 0 radical (unpaired) electrons. The summed E-state index contributed by atoms with van der Waals surface area (Å²) in [5.41, 5.74) is 2.23. The average molecular weight is 301 g/mol. The third kappa shape index (κ3) is 3.95. The van der Waals surface area contributed by atoms with Crippen LogP contribution in [-0.2, 0) is 4.12 Å². The molecule has 1 fully saturated rings. The van der Waals surface area contributed by atoms with E-state index in [1.165, 1.54) is 32.1 Å². The number of hydrogen-bond acceptors (Lipinski definition) is 1. The second kappa shape index (κ2) is 6.90. The van der Waals surface area contributed by atoms with Crippen molar-refractivity contribution in [3.63, 3.8) is 0 Å². The first-order valence-electron chi connectivity index (χ1n) is 8.38. The molecule has 114 valence electrons. The predicted octanol–water partition coefficient (Wildman–Crippen LogP) is 5.41. The highest BCUT2D eigenvalue weighted by atomic mass is 28.4. The van der Waals surface area contributed by atoms with Crippen LogP contribution in [-0.4, -0.2) is 18.1 Å². The van der Waals surface area contributed by atoms with Gasteiger partial charge in [0.15, 0.2) is 18.1 Å². The highest BCUT2D eigenvalue weighted by Gasteiger charge is 2.45. The monoisotopic (exact) mass is 300 g/mol. The van der Waals surface area contributed by atoms with Crippen molar-refractivity contribution in [2.75, 3.05) is 0 Å². The first-order valence-corrected chi connectivity index (χ1v) is 11.8. The van der Waals surface area contributed by atoms with Crippen molar-refractivity contribution >= 4 is 18.1 Å². The van der Waals surface area contributed by atoms with Crippen molar-refractivity contribution < 1.29 is 4.12 Å². The third-order valence-corrected chi connectivity index (χ3v) is 14.8. The minimum absolute atomic E-state index is 0.402. The summed E-state index contributed by atoms with van der Waals surface area (Å²) in [5, 5.41) is 0.592. The van der Waals surface area contributed by atoms with E-state index in [0.717, 1.165) is 16.6 Å². The lowest BCUT2D eigenvalue weighted by molar-refractivity contribution is 0.364. The van der Waals surface area contributed by atoms with Crippen LogP contribution in [0.15, 0.2) is 0 Å². The molecule has 0 heterocycles. The molecule has 0 unspecified atom stereocenters. The van der Waals surface area contributed by atoms with Gasteiger partial charge in [-0.3, -0.25) is 0 Å². The van der Waals surface area contributed by atoms with Crippen LogP contribution in [0.1, 0.15) is 80.6 Å². The Labute approximate surface area is 125 Å². The van der Waals surface area contributed by atoms with Gasteiger partial charge >= 0.3 is 0 Å². The summed E-state index contributed by atoms with van der Waals surface area (Å²) in [7, 11) is -2.00. The van der Waals surface area contributed by atoms with Crippen molar-refractivity contribution in [1.29, 1.82) is 0 Å². The molecule has 1 saturated carbocycles. The first-order chi connectivity index (χ1) is 8.74. The molecular formula is C16H36OSi2. The van der Waals surface area contributed by atoms with Gasteiger partial charge in [0.1, 0.15) is 0 Å². The Morgan fingerprint density at radius 3 is 1.63 bits per heavy atom. The normalized spacial score (nSPS) is 21.2. The molecular weight excluding hydrogens is 264 g/mol. The summed E-state index contributed by atoms with van der Waals surface area (Å²) < 4.78 is 6.93. The maximum absolute atomic E-state index is 6.93. The van der Waals surface area contributed by atoms with Gasteiger partial charge in [-0.25, -0.2) is 0 Å². The van der Waals surface area contributed by atoms with Crippen LogP contribution in [0.3, 0.4) is 0 Å². The number of rotatable bonds is 6. The zero-order chi connectivity index (χ0) is 14.7. The highest BCUT2D eigenvalue weighted by molar-refractivity contribution is 6.81. The van der Waals surface area contributed by atoms with Gasteiger partial charge in [-0.1, -0.05) is 67.7 Å². The smallest absolute Gasteiger partial charge is 0.187 e. The van der Waals surface area contributed by atoms with E-state index >= 15 is 0 Å². The minimum atomic E-state index is -1.60. The van der Waals surface area contributed by atoms with Crippen molar-refractivity contribution in [2.45, 2.75) is 102 Å². The molecule has 0 aromatic heterocycles. The third-order valence-electron chi connectivity index (χ3n) is 5.44. The van der Waals surface area contributed by atoms with E-state index in [1.54, 1.807) is 0 Å². The van der Waals surface area contributed by atoms with Gasteiger partial charge in [0.2, 0.25) is 0 Å². The van der Waals surface area contributed by atoms with Crippen LogP contribution >= 0.6 is 0 Å². The molecule has 3 heteroatoms. The molecule has 0 saturated heterocycles. The van der Waals surface area contributed by atoms with Gasteiger partial charge in [-0.15, -0.1) is 0 Å². The molecule has 1 nitrogen and oxygen atoms in total. The Bertz CT molecular complexity index is 246. The summed E-state index contributed by atoms with van der Waals surface area (Å²) in [6.07, 6.45) is 7.18. The minimum Gasteiger partial charge on any atom is -0.459 e. The summed E-state index contributed by atoms with van der Waals surface area (Å²) >= 11 is 0. The average Bonchev–Trinajstić information content (AvgIpc) is 2.29. The SMILES string of the molecule is CC(C)[Si](O[SiH2]C1(C)CCCCC1)(C(C)C)C(C)C. The Morgan fingerprint density at radius 2 is 1.26 bits per heavy atom. The number of hydrogen-bond donors (Lipinski definition) is 0. The van der Waals surface area contributed by atoms with Crippen LogP contribution < -0.4 is 0 Å². The summed E-state index contributed by atoms with van der Waals surface area (Å²) in [6, 6.07) is 0. The van der Waals surface area contributed by atoms with Crippen LogP contribution in [0.4, 0.5) is 0 Å². The second-order valence-electron chi connectivity index (χ2n) is 7.98. The van der Waals surface area contributed by atoms with E-state index < -0.39 is 18.1 Å². The van der Waals surface area contributed by atoms with Crippen molar-refractivity contribution in [3.05, 3.63) is 0 Å². The fourth-order valence-electron chi connectivity index (χ4n) is 4.35. The Kier molecular flexibility index (Phi) is 6.34. The molecule has 1 aliphatic rings. The van der Waals surface area contributed by atoms with Crippen LogP contribution in [0, 0.1) is 0 Å². The van der Waals surface area contributed by atoms with E-state index in [0.29, 0.717) is 5.04 Å². The fourth-order valence-corrected chi connectivity index (χ4v) is 15.5. The van der Waals surface area contributed by atoms with Gasteiger partial charge in [-0.05, 0) is 34.5 Å². The van der Waals surface area contributed by atoms with Crippen molar-refractivity contribution in [3.8, 4) is 0 Å². The first kappa shape index (κ1) is 17.4. The highest BCUT2D eigenvalue weighted by Crippen LogP contribution is 2.46. The van der Waals surface area contributed by atoms with E-state index in [2.05, 4.69) is 48.5 Å². The molecule has 0 bridgehead atoms. The fraction of sp³-hybridized carbons (Fsp3) is 1.00. The molecule has 19 heavy (non-hydrogen) atoms. The zero-order valence-corrected chi connectivity index (χ0v) is 16.8. The van der Waals surface area contributed by atoms with Gasteiger partial charge in [0.05, 0.1) is 0 Å². The summed E-state index contributed by atoms with van der Waals surface area (Å²) in [4.78, 5) is 0. The van der Waals surface area contributed by atoms with Crippen molar-refractivity contribution in [1.82, 2.24) is 0 Å². The van der Waals surface area contributed by atoms with E-state index in [9.17, 15) is 0 Å². The molecule has 0 aromatic rings. The molecule has 0 spiro atoms. The lowest BCUT2D eigenvalue weighted by atomic mass is 9.90. The van der Waals surface area contributed by atoms with Gasteiger partial charge in [0.25, 0.3) is 0 Å². The predicted molar refractivity (Wildman–Crippen MR) is 92.1 cm³/mol. The molecule has 0 amide bonds. The lowest BCUT2D eigenvalue weighted by Gasteiger charge is -2.45. The molecule has 0 aromatic carbocycles. The van der Waals surface area contributed by atoms with Crippen molar-refractivity contribution in [2.24, 2.45) is 0 Å². The summed E-state index contributed by atoms with van der Waals surface area (Å²) in [5.74, 6) is 0. The second-order valence-corrected chi connectivity index (χ2v) is 16.3. The van der Waals surface area contributed by atoms with Gasteiger partial charge in [0, 0.05) is 0 Å². The van der Waals surface area contributed by atoms with Crippen LogP contribution in [0.2, 0.25) is 21.7 Å². The van der Waals surface area contributed by atoms with E-state index in [-0.39, 0.29) is 0 Å². The maximum Gasteiger partial charge on any atom is 0.187 e. The maximum atomic E-state index is 6.93. The summed E-state index contributed by atoms with van der Waals surface area (Å²) in [6.45, 7) is 17.0. The Hall–Kier alpha value is 0.394. The van der Waals surface area contributed by atoms with Crippen LogP contribution in [0.25, 0.3) is 0 Å². The van der Waals surface area contributed by atoms with Gasteiger partial charge in [-0.2, -0.15) is 0 Å². The zero-order valence-electron chi connectivity index (χ0n) is 14.4. The Balaban J connectivity index is 2.78. The van der Waals surface area contributed by atoms with Crippen LogP contribution in [0.5, 0.6) is 0 Å².